The molecule has 0 aliphatic heterocycles. The molecule has 0 amide bonds. The van der Waals surface area contributed by atoms with Gasteiger partial charge >= 0.3 is 5.97 Å². The van der Waals surface area contributed by atoms with Gasteiger partial charge in [-0.05, 0) is 50.7 Å². The number of allylic oxidation sites excluding steroid dienone is 8. The predicted molar refractivity (Wildman–Crippen MR) is 96.4 cm³/mol. The summed E-state index contributed by atoms with van der Waals surface area (Å²) in [6, 6.07) is 0. The van der Waals surface area contributed by atoms with Crippen LogP contribution in [-0.4, -0.2) is 17.0 Å². The van der Waals surface area contributed by atoms with Crippen LogP contribution in [0.5, 0.6) is 0 Å². The van der Waals surface area contributed by atoms with Crippen LogP contribution in [0.4, 0.5) is 8.78 Å². The summed E-state index contributed by atoms with van der Waals surface area (Å²) in [6.07, 6.45) is 19.2. The van der Waals surface area contributed by atoms with Crippen LogP contribution in [-0.2, 0) is 4.79 Å². The third-order valence-electron chi connectivity index (χ3n) is 3.29. The van der Waals surface area contributed by atoms with E-state index in [0.717, 1.165) is 25.0 Å². The molecular weight excluding hydrogens is 310 g/mol. The van der Waals surface area contributed by atoms with Crippen molar-refractivity contribution in [2.75, 3.05) is 0 Å². The Morgan fingerprint density at radius 1 is 0.875 bits per heavy atom. The highest BCUT2D eigenvalue weighted by molar-refractivity contribution is 5.66. The third kappa shape index (κ3) is 16.7. The first-order valence-corrected chi connectivity index (χ1v) is 8.73. The summed E-state index contributed by atoms with van der Waals surface area (Å²) in [4.78, 5) is 10.3. The lowest BCUT2D eigenvalue weighted by atomic mass is 10.2. The molecule has 0 saturated heterocycles. The molecule has 0 aromatic rings. The summed E-state index contributed by atoms with van der Waals surface area (Å²) in [6.45, 7) is 2.15. The zero-order chi connectivity index (χ0) is 18.1. The monoisotopic (exact) mass is 340 g/mol. The summed E-state index contributed by atoms with van der Waals surface area (Å²) in [7, 11) is 0. The summed E-state index contributed by atoms with van der Waals surface area (Å²) in [5.41, 5.74) is 0. The Hall–Kier alpha value is -1.71. The first-order valence-electron chi connectivity index (χ1n) is 8.73. The van der Waals surface area contributed by atoms with Gasteiger partial charge in [-0.1, -0.05) is 56.2 Å². The molecule has 0 radical (unpaired) electrons. The number of rotatable bonds is 14. The number of unbranched alkanes of at least 4 members (excludes halogenated alkanes) is 4. The fourth-order valence-corrected chi connectivity index (χ4v) is 1.97. The van der Waals surface area contributed by atoms with Crippen LogP contribution in [0.25, 0.3) is 0 Å². The third-order valence-corrected chi connectivity index (χ3v) is 3.29. The van der Waals surface area contributed by atoms with Crippen LogP contribution in [0, 0.1) is 0 Å². The zero-order valence-corrected chi connectivity index (χ0v) is 14.6. The minimum Gasteiger partial charge on any atom is -0.481 e. The Morgan fingerprint density at radius 2 is 1.42 bits per heavy atom. The minimum absolute atomic E-state index is 0.135. The number of alkyl halides is 2. The van der Waals surface area contributed by atoms with Gasteiger partial charge in [-0.25, -0.2) is 0 Å². The van der Waals surface area contributed by atoms with E-state index in [1.165, 1.54) is 25.0 Å². The van der Waals surface area contributed by atoms with Crippen LogP contribution >= 0.6 is 0 Å². The number of carbonyl (C=O) groups is 1. The molecule has 4 heteroatoms. The van der Waals surface area contributed by atoms with Crippen molar-refractivity contribution in [3.63, 3.8) is 0 Å². The van der Waals surface area contributed by atoms with Gasteiger partial charge in [-0.2, -0.15) is 8.78 Å². The van der Waals surface area contributed by atoms with Crippen LogP contribution in [0.15, 0.2) is 48.6 Å². The van der Waals surface area contributed by atoms with Gasteiger partial charge < -0.3 is 5.11 Å². The molecule has 0 rings (SSSR count). The van der Waals surface area contributed by atoms with Crippen molar-refractivity contribution < 1.29 is 18.7 Å². The lowest BCUT2D eigenvalue weighted by Crippen LogP contribution is -2.06. The Morgan fingerprint density at radius 3 is 1.92 bits per heavy atom. The first kappa shape index (κ1) is 22.3. The van der Waals surface area contributed by atoms with Gasteiger partial charge in [0.15, 0.2) is 0 Å². The first-order chi connectivity index (χ1) is 11.5. The lowest BCUT2D eigenvalue weighted by molar-refractivity contribution is -0.137. The van der Waals surface area contributed by atoms with Crippen molar-refractivity contribution in [2.45, 2.75) is 70.6 Å². The number of hydrogen-bond donors (Lipinski definition) is 1. The van der Waals surface area contributed by atoms with E-state index < -0.39 is 11.9 Å². The Balaban J connectivity index is 3.87. The number of hydrogen-bond acceptors (Lipinski definition) is 1. The van der Waals surface area contributed by atoms with Gasteiger partial charge in [0.25, 0.3) is 5.92 Å². The summed E-state index contributed by atoms with van der Waals surface area (Å²) in [5, 5.41) is 8.47. The topological polar surface area (TPSA) is 37.3 Å². The van der Waals surface area contributed by atoms with E-state index in [4.69, 9.17) is 5.11 Å². The second kappa shape index (κ2) is 14.9. The van der Waals surface area contributed by atoms with Crippen molar-refractivity contribution >= 4 is 5.97 Å². The highest BCUT2D eigenvalue weighted by Crippen LogP contribution is 2.18. The average Bonchev–Trinajstić information content (AvgIpc) is 2.52. The second-order valence-electron chi connectivity index (χ2n) is 5.68. The van der Waals surface area contributed by atoms with Gasteiger partial charge in [-0.15, -0.1) is 0 Å². The Bertz CT molecular complexity index is 435. The molecule has 0 atom stereocenters. The fourth-order valence-electron chi connectivity index (χ4n) is 1.97. The molecule has 0 aromatic heterocycles. The maximum atomic E-state index is 13.5. The quantitative estimate of drug-likeness (QED) is 0.291. The number of carboxylic acids is 1. The van der Waals surface area contributed by atoms with Crippen molar-refractivity contribution in [2.24, 2.45) is 0 Å². The molecule has 0 unspecified atom stereocenters. The molecule has 136 valence electrons. The van der Waals surface area contributed by atoms with E-state index in [1.54, 1.807) is 6.08 Å². The summed E-state index contributed by atoms with van der Waals surface area (Å²) < 4.78 is 27.1. The van der Waals surface area contributed by atoms with Crippen LogP contribution in [0.3, 0.4) is 0 Å². The van der Waals surface area contributed by atoms with Crippen LogP contribution < -0.4 is 0 Å². The molecule has 0 spiro atoms. The molecule has 0 aromatic carbocycles. The molecule has 1 N–H and O–H groups in total. The van der Waals surface area contributed by atoms with Gasteiger partial charge in [0.1, 0.15) is 0 Å². The van der Waals surface area contributed by atoms with Crippen LogP contribution in [0.1, 0.15) is 64.7 Å². The highest BCUT2D eigenvalue weighted by Gasteiger charge is 2.19. The van der Waals surface area contributed by atoms with E-state index in [-0.39, 0.29) is 6.42 Å². The van der Waals surface area contributed by atoms with Crippen molar-refractivity contribution in [3.05, 3.63) is 48.6 Å². The molecule has 2 nitrogen and oxygen atoms in total. The SMILES string of the molecule is CCCCC/C=C/C/C=C/C(F)(F)/C=C/C/C=C/CCCC(=O)O. The zero-order valence-electron chi connectivity index (χ0n) is 14.6. The maximum absolute atomic E-state index is 13.5. The predicted octanol–water partition coefficient (Wildman–Crippen LogP) is 6.46. The fraction of sp³-hybridized carbons (Fsp3) is 0.550. The second-order valence-corrected chi connectivity index (χ2v) is 5.68. The molecule has 0 bridgehead atoms. The number of halogens is 2. The van der Waals surface area contributed by atoms with Gasteiger partial charge in [0, 0.05) is 6.42 Å². The molecular formula is C20H30F2O2. The van der Waals surface area contributed by atoms with E-state index in [9.17, 15) is 13.6 Å². The Kier molecular flexibility index (Phi) is 13.8. The van der Waals surface area contributed by atoms with Gasteiger partial charge in [-0.3, -0.25) is 4.79 Å². The normalized spacial score (nSPS) is 13.1. The lowest BCUT2D eigenvalue weighted by Gasteiger charge is -2.04. The minimum atomic E-state index is -2.92. The van der Waals surface area contributed by atoms with Gasteiger partial charge in [0.2, 0.25) is 0 Å². The molecule has 0 fully saturated rings. The van der Waals surface area contributed by atoms with E-state index in [0.29, 0.717) is 25.7 Å². The number of aliphatic carboxylic acids is 1. The average molecular weight is 340 g/mol. The van der Waals surface area contributed by atoms with E-state index >= 15 is 0 Å². The summed E-state index contributed by atoms with van der Waals surface area (Å²) in [5.74, 6) is -3.74. The molecule has 0 aliphatic rings. The molecule has 0 saturated carbocycles. The number of carboxylic acid groups (broad SMARTS) is 1. The molecule has 24 heavy (non-hydrogen) atoms. The highest BCUT2D eigenvalue weighted by atomic mass is 19.3. The Labute approximate surface area is 144 Å². The van der Waals surface area contributed by atoms with Crippen molar-refractivity contribution in [1.82, 2.24) is 0 Å². The summed E-state index contributed by atoms with van der Waals surface area (Å²) >= 11 is 0. The largest absolute Gasteiger partial charge is 0.481 e. The maximum Gasteiger partial charge on any atom is 0.303 e. The molecule has 0 aliphatic carbocycles. The van der Waals surface area contributed by atoms with E-state index in [2.05, 4.69) is 6.92 Å². The standard InChI is InChI=1S/C20H30F2O2/c1-2-3-4-5-6-8-11-14-17-20(21,22)18-15-12-9-7-10-13-16-19(23)24/h6-9,14-15,17-18H,2-5,10-13,16H2,1H3,(H,23,24)/b8-6+,9-7+,17-14+,18-15+. The van der Waals surface area contributed by atoms with Crippen LogP contribution in [0.2, 0.25) is 0 Å². The van der Waals surface area contributed by atoms with Crippen molar-refractivity contribution in [1.29, 1.82) is 0 Å². The smallest absolute Gasteiger partial charge is 0.303 e. The van der Waals surface area contributed by atoms with Crippen molar-refractivity contribution in [3.8, 4) is 0 Å². The van der Waals surface area contributed by atoms with Gasteiger partial charge in [0.05, 0.1) is 0 Å². The molecule has 0 heterocycles. The van der Waals surface area contributed by atoms with E-state index in [1.807, 2.05) is 18.2 Å².